The fourth-order valence-corrected chi connectivity index (χ4v) is 3.42. The number of allylic oxidation sites excluding steroid dienone is 2. The maximum absolute atomic E-state index is 8.77. The second-order valence-electron chi connectivity index (χ2n) is 4.30. The molecule has 0 spiro atoms. The number of hydrogen-bond acceptors (Lipinski definition) is 2. The minimum absolute atomic E-state index is 0.587. The molecule has 0 aromatic heterocycles. The van der Waals surface area contributed by atoms with Crippen molar-refractivity contribution >= 4 is 5.71 Å². The van der Waals surface area contributed by atoms with Crippen molar-refractivity contribution in [1.82, 2.24) is 0 Å². The molecule has 2 heteroatoms. The summed E-state index contributed by atoms with van der Waals surface area (Å²) in [5.41, 5.74) is 1.06. The summed E-state index contributed by atoms with van der Waals surface area (Å²) in [5, 5.41) is 12.2. The van der Waals surface area contributed by atoms with E-state index in [1.807, 2.05) is 0 Å². The zero-order valence-corrected chi connectivity index (χ0v) is 6.98. The Balaban J connectivity index is 1.96. The van der Waals surface area contributed by atoms with E-state index in [2.05, 4.69) is 17.3 Å². The fraction of sp³-hybridized carbons (Fsp3) is 0.700. The number of rotatable bonds is 0. The monoisotopic (exact) mass is 163 g/mol. The second kappa shape index (κ2) is 2.12. The lowest BCUT2D eigenvalue weighted by atomic mass is 9.80. The molecule has 4 unspecified atom stereocenters. The van der Waals surface area contributed by atoms with Crippen LogP contribution in [-0.2, 0) is 0 Å². The van der Waals surface area contributed by atoms with Crippen LogP contribution in [0.25, 0.3) is 0 Å². The van der Waals surface area contributed by atoms with Crippen LogP contribution >= 0.6 is 0 Å². The average molecular weight is 163 g/mol. The van der Waals surface area contributed by atoms with E-state index in [1.54, 1.807) is 0 Å². The highest BCUT2D eigenvalue weighted by molar-refractivity contribution is 5.90. The summed E-state index contributed by atoms with van der Waals surface area (Å²) in [6.07, 6.45) is 8.24. The first-order valence-corrected chi connectivity index (χ1v) is 4.77. The Bertz CT molecular complexity index is 269. The predicted octanol–water partition coefficient (Wildman–Crippen LogP) is 2.05. The van der Waals surface area contributed by atoms with Gasteiger partial charge in [-0.3, -0.25) is 0 Å². The molecule has 12 heavy (non-hydrogen) atoms. The lowest BCUT2D eigenvalue weighted by Gasteiger charge is -2.24. The second-order valence-corrected chi connectivity index (χ2v) is 4.30. The van der Waals surface area contributed by atoms with E-state index in [4.69, 9.17) is 5.21 Å². The van der Waals surface area contributed by atoms with Gasteiger partial charge >= 0.3 is 0 Å². The summed E-state index contributed by atoms with van der Waals surface area (Å²) in [5.74, 6) is 3.01. The highest BCUT2D eigenvalue weighted by Gasteiger charge is 2.51. The van der Waals surface area contributed by atoms with Crippen LogP contribution in [0.1, 0.15) is 19.3 Å². The van der Waals surface area contributed by atoms with E-state index < -0.39 is 0 Å². The molecule has 0 heterocycles. The Kier molecular flexibility index (Phi) is 1.18. The third-order valence-corrected chi connectivity index (χ3v) is 3.92. The highest BCUT2D eigenvalue weighted by atomic mass is 16.4. The van der Waals surface area contributed by atoms with Gasteiger partial charge in [0.15, 0.2) is 0 Å². The Morgan fingerprint density at radius 3 is 3.25 bits per heavy atom. The minimum Gasteiger partial charge on any atom is -0.411 e. The van der Waals surface area contributed by atoms with Gasteiger partial charge in [0.2, 0.25) is 0 Å². The first kappa shape index (κ1) is 6.70. The molecular formula is C10H13NO. The van der Waals surface area contributed by atoms with Crippen LogP contribution in [0.2, 0.25) is 0 Å². The van der Waals surface area contributed by atoms with Gasteiger partial charge in [-0.25, -0.2) is 0 Å². The third kappa shape index (κ3) is 0.637. The zero-order valence-electron chi connectivity index (χ0n) is 6.98. The summed E-state index contributed by atoms with van der Waals surface area (Å²) < 4.78 is 0. The van der Waals surface area contributed by atoms with Crippen LogP contribution in [-0.4, -0.2) is 10.9 Å². The summed E-state index contributed by atoms with van der Waals surface area (Å²) in [4.78, 5) is 0. The Hall–Kier alpha value is -0.790. The molecule has 2 fully saturated rings. The topological polar surface area (TPSA) is 32.6 Å². The van der Waals surface area contributed by atoms with E-state index in [0.29, 0.717) is 5.92 Å². The molecule has 3 aliphatic rings. The first-order valence-electron chi connectivity index (χ1n) is 4.77. The lowest BCUT2D eigenvalue weighted by Crippen LogP contribution is -2.24. The molecule has 0 saturated heterocycles. The van der Waals surface area contributed by atoms with Gasteiger partial charge in [0.1, 0.15) is 0 Å². The molecule has 0 radical (unpaired) electrons. The Morgan fingerprint density at radius 1 is 1.50 bits per heavy atom. The fourth-order valence-electron chi connectivity index (χ4n) is 3.42. The SMILES string of the molecule is ON=C1CC2CC1C1C=CCC21. The van der Waals surface area contributed by atoms with Crippen LogP contribution in [0.15, 0.2) is 17.3 Å². The largest absolute Gasteiger partial charge is 0.411 e. The maximum Gasteiger partial charge on any atom is 0.0610 e. The molecule has 4 atom stereocenters. The molecule has 0 aromatic carbocycles. The molecule has 2 bridgehead atoms. The predicted molar refractivity (Wildman–Crippen MR) is 46.2 cm³/mol. The van der Waals surface area contributed by atoms with E-state index in [-0.39, 0.29) is 0 Å². The number of oxime groups is 1. The van der Waals surface area contributed by atoms with Crippen molar-refractivity contribution in [3.8, 4) is 0 Å². The summed E-state index contributed by atoms with van der Waals surface area (Å²) in [6, 6.07) is 0. The van der Waals surface area contributed by atoms with Crippen LogP contribution in [0.4, 0.5) is 0 Å². The van der Waals surface area contributed by atoms with E-state index in [9.17, 15) is 0 Å². The molecule has 0 aromatic rings. The summed E-state index contributed by atoms with van der Waals surface area (Å²) in [6.45, 7) is 0. The molecule has 2 saturated carbocycles. The molecule has 3 aliphatic carbocycles. The molecule has 64 valence electrons. The quantitative estimate of drug-likeness (QED) is 0.331. The van der Waals surface area contributed by atoms with Gasteiger partial charge in [0.05, 0.1) is 5.71 Å². The number of fused-ring (bicyclic) bond motifs is 5. The van der Waals surface area contributed by atoms with E-state index in [1.165, 1.54) is 12.8 Å². The van der Waals surface area contributed by atoms with Gasteiger partial charge in [0, 0.05) is 5.92 Å². The molecule has 3 rings (SSSR count). The minimum atomic E-state index is 0.587. The Morgan fingerprint density at radius 2 is 2.42 bits per heavy atom. The molecule has 0 aliphatic heterocycles. The third-order valence-electron chi connectivity index (χ3n) is 3.92. The van der Waals surface area contributed by atoms with Crippen molar-refractivity contribution in [3.63, 3.8) is 0 Å². The van der Waals surface area contributed by atoms with Crippen LogP contribution < -0.4 is 0 Å². The van der Waals surface area contributed by atoms with Crippen molar-refractivity contribution in [2.45, 2.75) is 19.3 Å². The van der Waals surface area contributed by atoms with Crippen LogP contribution in [0.5, 0.6) is 0 Å². The van der Waals surface area contributed by atoms with Gasteiger partial charge in [-0.05, 0) is 37.0 Å². The zero-order chi connectivity index (χ0) is 8.13. The lowest BCUT2D eigenvalue weighted by molar-refractivity contribution is 0.300. The normalized spacial score (nSPS) is 52.2. The smallest absolute Gasteiger partial charge is 0.0610 e. The van der Waals surface area contributed by atoms with Crippen LogP contribution in [0.3, 0.4) is 0 Å². The number of hydrogen-bond donors (Lipinski definition) is 1. The van der Waals surface area contributed by atoms with Gasteiger partial charge < -0.3 is 5.21 Å². The standard InChI is InChI=1S/C10H13NO/c12-11-10-5-6-4-9(10)8-3-1-2-7(6)8/h1,3,6-9,12H,2,4-5H2. The van der Waals surface area contributed by atoms with Crippen LogP contribution in [0, 0.1) is 23.7 Å². The van der Waals surface area contributed by atoms with E-state index in [0.717, 1.165) is 29.9 Å². The molecule has 2 nitrogen and oxygen atoms in total. The van der Waals surface area contributed by atoms with Crippen molar-refractivity contribution in [2.75, 3.05) is 0 Å². The Labute approximate surface area is 72.0 Å². The average Bonchev–Trinajstić information content (AvgIpc) is 2.75. The van der Waals surface area contributed by atoms with Crippen molar-refractivity contribution in [2.24, 2.45) is 28.8 Å². The van der Waals surface area contributed by atoms with Crippen molar-refractivity contribution < 1.29 is 5.21 Å². The first-order chi connectivity index (χ1) is 5.90. The van der Waals surface area contributed by atoms with Crippen molar-refractivity contribution in [1.29, 1.82) is 0 Å². The van der Waals surface area contributed by atoms with E-state index >= 15 is 0 Å². The van der Waals surface area contributed by atoms with Gasteiger partial charge in [-0.15, -0.1) is 0 Å². The highest BCUT2D eigenvalue weighted by Crippen LogP contribution is 2.54. The van der Waals surface area contributed by atoms with Gasteiger partial charge in [0.25, 0.3) is 0 Å². The molecule has 0 amide bonds. The molecular weight excluding hydrogens is 150 g/mol. The number of nitrogens with zero attached hydrogens (tertiary/aromatic N) is 1. The van der Waals surface area contributed by atoms with Gasteiger partial charge in [-0.1, -0.05) is 17.3 Å². The summed E-state index contributed by atoms with van der Waals surface area (Å²) in [7, 11) is 0. The maximum atomic E-state index is 8.77. The molecule has 1 N–H and O–H groups in total. The van der Waals surface area contributed by atoms with Gasteiger partial charge in [-0.2, -0.15) is 0 Å². The summed E-state index contributed by atoms with van der Waals surface area (Å²) >= 11 is 0. The van der Waals surface area contributed by atoms with Crippen molar-refractivity contribution in [3.05, 3.63) is 12.2 Å².